The number of fused-ring (bicyclic) bond motifs is 1. The second kappa shape index (κ2) is 8.45. The predicted molar refractivity (Wildman–Crippen MR) is 98.3 cm³/mol. The first kappa shape index (κ1) is 13.0. The van der Waals surface area contributed by atoms with Crippen molar-refractivity contribution in [3.63, 3.8) is 0 Å². The molecule has 0 spiro atoms. The molecular weight excluding hydrogens is 332 g/mol. The zero-order valence-electron chi connectivity index (χ0n) is 21.3. The number of aliphatic hydroxyl groups is 1. The number of nitrogens with zero attached hydrogens (tertiary/aromatic N) is 1. The molecule has 3 atom stereocenters. The Labute approximate surface area is 163 Å². The molecule has 1 aromatic carbocycles. The van der Waals surface area contributed by atoms with E-state index in [1.165, 1.54) is 45.0 Å². The van der Waals surface area contributed by atoms with Gasteiger partial charge in [0.25, 0.3) is 0 Å². The second-order valence-electron chi connectivity index (χ2n) is 6.58. The highest BCUT2D eigenvalue weighted by Gasteiger charge is 2.32. The van der Waals surface area contributed by atoms with Gasteiger partial charge in [0.15, 0.2) is 5.78 Å². The number of carbonyl (C=O) groups is 3. The first-order valence-corrected chi connectivity index (χ1v) is 8.38. The monoisotopic (exact) mass is 366 g/mol. The number of hydrogen-bond donors (Lipinski definition) is 2. The molecule has 0 saturated heterocycles. The first-order chi connectivity index (χ1) is 14.4. The normalized spacial score (nSPS) is 30.8. The highest BCUT2D eigenvalue weighted by Crippen LogP contribution is 2.25. The summed E-state index contributed by atoms with van der Waals surface area (Å²) < 4.78 is 49.6. The van der Waals surface area contributed by atoms with Gasteiger partial charge in [0.05, 0.1) is 2.74 Å². The number of likely N-dealkylation sites (N-methyl/N-ethyl adjacent to an activating group) is 1. The molecule has 142 valence electrons. The third-order valence-electron chi connectivity index (χ3n) is 4.09. The maximum absolute atomic E-state index is 13.1. The fourth-order valence-electron chi connectivity index (χ4n) is 2.45. The zero-order chi connectivity index (χ0) is 24.9. The van der Waals surface area contributed by atoms with Gasteiger partial charge in [-0.25, -0.2) is 0 Å². The minimum atomic E-state index is -2.83. The summed E-state index contributed by atoms with van der Waals surface area (Å²) in [6.45, 7) is 1.47. The molecule has 0 saturated carbocycles. The Balaban J connectivity index is 2.46. The van der Waals surface area contributed by atoms with Crippen LogP contribution in [-0.2, 0) is 20.8 Å². The lowest BCUT2D eigenvalue weighted by Gasteiger charge is -2.24. The van der Waals surface area contributed by atoms with Crippen molar-refractivity contribution in [2.75, 3.05) is 13.5 Å². The smallest absolute Gasteiger partial charge is 0.249 e. The van der Waals surface area contributed by atoms with E-state index in [9.17, 15) is 19.5 Å². The van der Waals surface area contributed by atoms with Crippen molar-refractivity contribution in [2.24, 2.45) is 11.8 Å². The van der Waals surface area contributed by atoms with E-state index >= 15 is 0 Å². The Kier molecular flexibility index (Phi) is 4.23. The molecule has 0 fully saturated rings. The van der Waals surface area contributed by atoms with Crippen molar-refractivity contribution in [1.82, 2.24) is 10.2 Å². The Morgan fingerprint density at radius 1 is 1.42 bits per heavy atom. The van der Waals surface area contributed by atoms with Crippen molar-refractivity contribution >= 4 is 17.6 Å². The van der Waals surface area contributed by atoms with Crippen LogP contribution in [0.5, 0.6) is 0 Å². The van der Waals surface area contributed by atoms with Crippen LogP contribution in [0.25, 0.3) is 0 Å². The van der Waals surface area contributed by atoms with Gasteiger partial charge in [-0.3, -0.25) is 14.4 Å². The van der Waals surface area contributed by atoms with Gasteiger partial charge in [-0.15, -0.1) is 0 Å². The van der Waals surface area contributed by atoms with Gasteiger partial charge in [0.1, 0.15) is 12.1 Å². The van der Waals surface area contributed by atoms with Gasteiger partial charge in [-0.2, -0.15) is 0 Å². The van der Waals surface area contributed by atoms with Crippen molar-refractivity contribution in [3.05, 3.63) is 35.4 Å². The van der Waals surface area contributed by atoms with E-state index in [0.29, 0.717) is 4.90 Å². The van der Waals surface area contributed by atoms with Crippen LogP contribution in [0.4, 0.5) is 0 Å². The van der Waals surface area contributed by atoms with Crippen LogP contribution in [0.3, 0.4) is 0 Å². The van der Waals surface area contributed by atoms with Crippen LogP contribution in [-0.4, -0.2) is 47.2 Å². The molecule has 0 aromatic heterocycles. The highest BCUT2D eigenvalue weighted by molar-refractivity contribution is 5.92. The van der Waals surface area contributed by atoms with Gasteiger partial charge in [0, 0.05) is 31.4 Å². The fourth-order valence-corrected chi connectivity index (χ4v) is 2.45. The summed E-state index contributed by atoms with van der Waals surface area (Å²) in [5, 5.41) is 12.3. The van der Waals surface area contributed by atoms with E-state index < -0.39 is 60.8 Å². The number of rotatable bonds is 6. The maximum atomic E-state index is 13.1. The van der Waals surface area contributed by atoms with Crippen LogP contribution in [0.2, 0.25) is 0 Å². The van der Waals surface area contributed by atoms with Crippen LogP contribution in [0.15, 0.2) is 24.3 Å². The van der Waals surface area contributed by atoms with E-state index in [4.69, 9.17) is 8.22 Å². The number of Topliss-reactive ketones (excluding diaryl/α,β-unsaturated/α-hetero) is 1. The summed E-state index contributed by atoms with van der Waals surface area (Å²) in [7, 11) is 1.01. The van der Waals surface area contributed by atoms with Gasteiger partial charge in [0.2, 0.25) is 11.8 Å². The molecule has 1 aliphatic heterocycles. The van der Waals surface area contributed by atoms with Crippen LogP contribution in [0.1, 0.15) is 52.6 Å². The predicted octanol–water partition coefficient (Wildman–Crippen LogP) is 1.47. The molecule has 6 nitrogen and oxygen atoms in total. The molecule has 1 aliphatic rings. The highest BCUT2D eigenvalue weighted by atomic mass is 16.3. The Hall–Kier alpha value is -2.21. The third kappa shape index (κ3) is 4.49. The topological polar surface area (TPSA) is 86.7 Å². The Morgan fingerprint density at radius 2 is 2.08 bits per heavy atom. The lowest BCUT2D eigenvalue weighted by atomic mass is 9.94. The fraction of sp³-hybridized carbons (Fsp3) is 0.550. The molecule has 6 heteroatoms. The second-order valence-corrected chi connectivity index (χ2v) is 6.58. The van der Waals surface area contributed by atoms with Crippen LogP contribution < -0.4 is 5.32 Å². The SMILES string of the molecule is [2H]C1([2H])c2ccccc2[C@]([2H])(NC(=O)[C@H](C)CC(=O)[C@@]([2H])(O)C(C)C)C(=O)N(C)C1([2H])[2H]. The standard InChI is InChI=1S/C20H28N2O4/c1-12(2)18(24)16(23)11-13(3)19(25)21-17-15-8-6-5-7-14(15)9-10-22(4)20(17)26/h5-8,12-13,17-18,24H,9-11H2,1-4H3,(H,21,25)/t13-,17+,18+/m1/s1/i9D2,10D2,17D,18D. The van der Waals surface area contributed by atoms with Gasteiger partial charge < -0.3 is 15.3 Å². The van der Waals surface area contributed by atoms with Crippen molar-refractivity contribution < 1.29 is 27.7 Å². The van der Waals surface area contributed by atoms with E-state index in [0.717, 1.165) is 7.05 Å². The first-order valence-electron chi connectivity index (χ1n) is 11.4. The Morgan fingerprint density at radius 3 is 2.73 bits per heavy atom. The molecule has 1 heterocycles. The molecule has 0 unspecified atom stereocenters. The summed E-state index contributed by atoms with van der Waals surface area (Å²) in [6.07, 6.45) is -5.61. The van der Waals surface area contributed by atoms with Crippen LogP contribution in [0, 0.1) is 11.8 Å². The zero-order valence-corrected chi connectivity index (χ0v) is 15.3. The lowest BCUT2D eigenvalue weighted by molar-refractivity contribution is -0.137. The molecule has 2 N–H and O–H groups in total. The number of carbonyl (C=O) groups excluding carboxylic acids is 3. The number of nitrogens with one attached hydrogen (secondary N) is 1. The summed E-state index contributed by atoms with van der Waals surface area (Å²) >= 11 is 0. The van der Waals surface area contributed by atoms with Gasteiger partial charge >= 0.3 is 0 Å². The number of benzene rings is 1. The minimum absolute atomic E-state index is 0.228. The number of amides is 2. The molecule has 0 aliphatic carbocycles. The molecule has 26 heavy (non-hydrogen) atoms. The van der Waals surface area contributed by atoms with Crippen molar-refractivity contribution in [1.29, 1.82) is 0 Å². The molecule has 2 amide bonds. The van der Waals surface area contributed by atoms with Crippen molar-refractivity contribution in [3.8, 4) is 0 Å². The summed E-state index contributed by atoms with van der Waals surface area (Å²) in [5.41, 5.74) is -0.489. The Bertz CT molecular complexity index is 936. The molecule has 2 rings (SSSR count). The average molecular weight is 366 g/mol. The van der Waals surface area contributed by atoms with Gasteiger partial charge in [-0.05, 0) is 23.4 Å². The quantitative estimate of drug-likeness (QED) is 0.798. The summed E-state index contributed by atoms with van der Waals surface area (Å²) in [6, 6.07) is 2.84. The molecule has 0 bridgehead atoms. The average Bonchev–Trinajstić information content (AvgIpc) is 2.73. The largest absolute Gasteiger partial charge is 0.385 e. The number of hydrogen-bond acceptors (Lipinski definition) is 4. The van der Waals surface area contributed by atoms with E-state index in [1.54, 1.807) is 0 Å². The van der Waals surface area contributed by atoms with E-state index in [2.05, 4.69) is 5.32 Å². The molecular formula is C20H28N2O4. The molecule has 1 aromatic rings. The van der Waals surface area contributed by atoms with Crippen LogP contribution >= 0.6 is 0 Å². The number of aryl methyl sites for hydroxylation is 1. The van der Waals surface area contributed by atoms with Crippen molar-refractivity contribution in [2.45, 2.75) is 45.7 Å². The molecule has 0 radical (unpaired) electrons. The minimum Gasteiger partial charge on any atom is -0.385 e. The van der Waals surface area contributed by atoms with E-state index in [-0.39, 0.29) is 11.1 Å². The lowest BCUT2D eigenvalue weighted by Crippen LogP contribution is -2.43. The van der Waals surface area contributed by atoms with Gasteiger partial charge in [-0.1, -0.05) is 45.0 Å². The summed E-state index contributed by atoms with van der Waals surface area (Å²) in [4.78, 5) is 38.8. The third-order valence-corrected chi connectivity index (χ3v) is 4.09. The summed E-state index contributed by atoms with van der Waals surface area (Å²) in [5.74, 6) is -4.84. The maximum Gasteiger partial charge on any atom is 0.249 e. The number of ketones is 1. The van der Waals surface area contributed by atoms with E-state index in [1.807, 2.05) is 0 Å².